The molecule has 1 rings (SSSR count). The third-order valence-corrected chi connectivity index (χ3v) is 2.89. The number of unbranched alkanes of at least 4 members (excludes halogenated alkanes) is 1. The van der Waals surface area contributed by atoms with E-state index in [-0.39, 0.29) is 11.8 Å². The molecule has 0 aromatic rings. The van der Waals surface area contributed by atoms with Crippen molar-refractivity contribution in [1.82, 2.24) is 5.32 Å². The van der Waals surface area contributed by atoms with E-state index in [1.54, 1.807) is 12.2 Å². The molecule has 1 aliphatic rings. The number of rotatable bonds is 6. The highest BCUT2D eigenvalue weighted by atomic mass is 16.1. The summed E-state index contributed by atoms with van der Waals surface area (Å²) in [6, 6.07) is 0. The van der Waals surface area contributed by atoms with E-state index in [1.807, 2.05) is 37.3 Å². The van der Waals surface area contributed by atoms with E-state index in [2.05, 4.69) is 18.5 Å². The van der Waals surface area contributed by atoms with Crippen LogP contribution in [0.3, 0.4) is 0 Å². The molecular formula is C17H22N2O. The normalized spacial score (nSPS) is 18.6. The fraction of sp³-hybridized carbons (Fsp3) is 0.235. The summed E-state index contributed by atoms with van der Waals surface area (Å²) in [6.07, 6.45) is 14.5. The van der Waals surface area contributed by atoms with Crippen LogP contribution in [0.25, 0.3) is 0 Å². The SMILES string of the molecule is C=CCC/C=C(\C=C)NC(=O)C1=CC(C)C=CC=C1N. The molecule has 3 N–H and O–H groups in total. The molecule has 0 aromatic carbocycles. The molecule has 0 aliphatic heterocycles. The van der Waals surface area contributed by atoms with Gasteiger partial charge >= 0.3 is 0 Å². The van der Waals surface area contributed by atoms with Gasteiger partial charge in [0.1, 0.15) is 0 Å². The first-order chi connectivity index (χ1) is 9.58. The number of carbonyl (C=O) groups is 1. The van der Waals surface area contributed by atoms with E-state index in [4.69, 9.17) is 5.73 Å². The summed E-state index contributed by atoms with van der Waals surface area (Å²) < 4.78 is 0. The maximum atomic E-state index is 12.3. The third-order valence-electron chi connectivity index (χ3n) is 2.89. The van der Waals surface area contributed by atoms with Gasteiger partial charge in [-0.25, -0.2) is 0 Å². The van der Waals surface area contributed by atoms with Crippen LogP contribution in [0.5, 0.6) is 0 Å². The molecular weight excluding hydrogens is 248 g/mol. The highest BCUT2D eigenvalue weighted by Crippen LogP contribution is 2.15. The van der Waals surface area contributed by atoms with Crippen LogP contribution in [-0.4, -0.2) is 5.91 Å². The molecule has 0 saturated carbocycles. The first-order valence-corrected chi connectivity index (χ1v) is 6.69. The Morgan fingerprint density at radius 3 is 2.85 bits per heavy atom. The van der Waals surface area contributed by atoms with Gasteiger partial charge in [0.25, 0.3) is 5.91 Å². The van der Waals surface area contributed by atoms with Crippen LogP contribution in [0, 0.1) is 5.92 Å². The number of nitrogens with two attached hydrogens (primary N) is 1. The van der Waals surface area contributed by atoms with Gasteiger partial charge in [-0.15, -0.1) is 6.58 Å². The Bertz CT molecular complexity index is 507. The minimum Gasteiger partial charge on any atom is -0.398 e. The zero-order valence-electron chi connectivity index (χ0n) is 11.9. The predicted molar refractivity (Wildman–Crippen MR) is 84.5 cm³/mol. The van der Waals surface area contributed by atoms with Crippen molar-refractivity contribution < 1.29 is 4.79 Å². The van der Waals surface area contributed by atoms with E-state index >= 15 is 0 Å². The average Bonchev–Trinajstić information content (AvgIpc) is 2.59. The minimum atomic E-state index is -0.209. The lowest BCUT2D eigenvalue weighted by molar-refractivity contribution is -0.116. The van der Waals surface area contributed by atoms with E-state index < -0.39 is 0 Å². The van der Waals surface area contributed by atoms with Gasteiger partial charge in [0.2, 0.25) is 0 Å². The lowest BCUT2D eigenvalue weighted by atomic mass is 10.1. The van der Waals surface area contributed by atoms with Crippen LogP contribution < -0.4 is 11.1 Å². The topological polar surface area (TPSA) is 55.1 Å². The van der Waals surface area contributed by atoms with Gasteiger partial charge in [-0.2, -0.15) is 0 Å². The number of amides is 1. The van der Waals surface area contributed by atoms with Crippen LogP contribution in [0.2, 0.25) is 0 Å². The summed E-state index contributed by atoms with van der Waals surface area (Å²) in [5.41, 5.74) is 7.56. The molecule has 0 fully saturated rings. The first kappa shape index (κ1) is 15.8. The maximum absolute atomic E-state index is 12.3. The van der Waals surface area contributed by atoms with E-state index in [0.717, 1.165) is 12.8 Å². The van der Waals surface area contributed by atoms with Crippen molar-refractivity contribution in [3.8, 4) is 0 Å². The molecule has 1 atom stereocenters. The fourth-order valence-electron chi connectivity index (χ4n) is 1.79. The van der Waals surface area contributed by atoms with Gasteiger partial charge in [-0.05, 0) is 30.9 Å². The minimum absolute atomic E-state index is 0.171. The molecule has 1 unspecified atom stereocenters. The average molecular weight is 270 g/mol. The van der Waals surface area contributed by atoms with Crippen molar-refractivity contribution in [1.29, 1.82) is 0 Å². The van der Waals surface area contributed by atoms with E-state index in [0.29, 0.717) is 17.0 Å². The van der Waals surface area contributed by atoms with Crippen molar-refractivity contribution in [2.45, 2.75) is 19.8 Å². The van der Waals surface area contributed by atoms with Crippen LogP contribution in [0.4, 0.5) is 0 Å². The molecule has 0 aromatic heterocycles. The largest absolute Gasteiger partial charge is 0.398 e. The Morgan fingerprint density at radius 1 is 1.45 bits per heavy atom. The number of carbonyl (C=O) groups excluding carboxylic acids is 1. The summed E-state index contributed by atoms with van der Waals surface area (Å²) in [6.45, 7) is 9.37. The maximum Gasteiger partial charge on any atom is 0.257 e. The van der Waals surface area contributed by atoms with Crippen molar-refractivity contribution in [3.63, 3.8) is 0 Å². The molecule has 20 heavy (non-hydrogen) atoms. The zero-order valence-corrected chi connectivity index (χ0v) is 11.9. The van der Waals surface area contributed by atoms with Crippen LogP contribution in [-0.2, 0) is 4.79 Å². The smallest absolute Gasteiger partial charge is 0.257 e. The number of nitrogens with one attached hydrogen (secondary N) is 1. The summed E-state index contributed by atoms with van der Waals surface area (Å²) in [5.74, 6) is -0.0379. The number of allylic oxidation sites excluding steroid dienone is 7. The van der Waals surface area contributed by atoms with Gasteiger partial charge in [-0.3, -0.25) is 4.79 Å². The Kier molecular flexibility index (Phi) is 6.30. The van der Waals surface area contributed by atoms with Crippen LogP contribution >= 0.6 is 0 Å². The van der Waals surface area contributed by atoms with Crippen LogP contribution in [0.1, 0.15) is 19.8 Å². The molecule has 1 aliphatic carbocycles. The summed E-state index contributed by atoms with van der Waals surface area (Å²) >= 11 is 0. The van der Waals surface area contributed by atoms with E-state index in [9.17, 15) is 4.79 Å². The van der Waals surface area contributed by atoms with Gasteiger partial charge in [0.05, 0.1) is 5.57 Å². The van der Waals surface area contributed by atoms with Crippen molar-refractivity contribution in [2.75, 3.05) is 0 Å². The first-order valence-electron chi connectivity index (χ1n) is 6.69. The molecule has 3 heteroatoms. The number of hydrogen-bond donors (Lipinski definition) is 2. The van der Waals surface area contributed by atoms with Crippen LogP contribution in [0.15, 0.2) is 72.7 Å². The predicted octanol–water partition coefficient (Wildman–Crippen LogP) is 3.11. The summed E-state index contributed by atoms with van der Waals surface area (Å²) in [5, 5.41) is 2.83. The highest BCUT2D eigenvalue weighted by molar-refractivity contribution is 5.99. The quantitative estimate of drug-likeness (QED) is 0.442. The third kappa shape index (κ3) is 4.76. The van der Waals surface area contributed by atoms with Crippen molar-refractivity contribution >= 4 is 5.91 Å². The van der Waals surface area contributed by atoms with Gasteiger partial charge in [0.15, 0.2) is 0 Å². The molecule has 106 valence electrons. The van der Waals surface area contributed by atoms with Gasteiger partial charge < -0.3 is 11.1 Å². The second-order valence-electron chi connectivity index (χ2n) is 4.63. The second kappa shape index (κ2) is 8.00. The standard InChI is InChI=1S/C17H22N2O/c1-4-6-7-10-14(5-2)19-17(20)15-12-13(3)9-8-11-16(15)18/h4-5,8-13H,1-2,6-7,18H2,3H3,(H,19,20)/b14-10+. The summed E-state index contributed by atoms with van der Waals surface area (Å²) in [7, 11) is 0. The number of hydrogen-bond acceptors (Lipinski definition) is 2. The molecule has 0 saturated heterocycles. The molecule has 0 bridgehead atoms. The van der Waals surface area contributed by atoms with Gasteiger partial charge in [-0.1, -0.05) is 43.9 Å². The molecule has 0 radical (unpaired) electrons. The zero-order chi connectivity index (χ0) is 15.0. The lowest BCUT2D eigenvalue weighted by Crippen LogP contribution is -2.26. The summed E-state index contributed by atoms with van der Waals surface area (Å²) in [4.78, 5) is 12.3. The molecule has 3 nitrogen and oxygen atoms in total. The van der Waals surface area contributed by atoms with E-state index in [1.165, 1.54) is 0 Å². The Balaban J connectivity index is 2.81. The highest BCUT2D eigenvalue weighted by Gasteiger charge is 2.14. The fourth-order valence-corrected chi connectivity index (χ4v) is 1.79. The second-order valence-corrected chi connectivity index (χ2v) is 4.63. The Morgan fingerprint density at radius 2 is 2.20 bits per heavy atom. The van der Waals surface area contributed by atoms with Gasteiger partial charge in [0, 0.05) is 11.4 Å². The van der Waals surface area contributed by atoms with Crippen molar-refractivity contribution in [3.05, 3.63) is 72.7 Å². The molecule has 0 spiro atoms. The molecule has 1 amide bonds. The Hall–Kier alpha value is -2.29. The van der Waals surface area contributed by atoms with Crippen molar-refractivity contribution in [2.24, 2.45) is 11.7 Å². The lowest BCUT2D eigenvalue weighted by Gasteiger charge is -2.10. The monoisotopic (exact) mass is 270 g/mol. The Labute approximate surface area is 120 Å². The molecule has 0 heterocycles.